The standard InChI is InChI=1S/2CH2S3.Pt/c2*2-1(3)4;/h2*(H2,2,3,4);/q;;+2/p+4. The Morgan fingerprint density at radius 2 is 0.778 bits per heavy atom. The van der Waals surface area contributed by atoms with Crippen molar-refractivity contribution in [3.63, 3.8) is 0 Å². The fourth-order valence-corrected chi connectivity index (χ4v) is 0. The second kappa shape index (κ2) is 12.9. The summed E-state index contributed by atoms with van der Waals surface area (Å²) in [6.07, 6.45) is 0. The second-order valence-electron chi connectivity index (χ2n) is 0.658. The van der Waals surface area contributed by atoms with Gasteiger partial charge in [0, 0.05) is 24.4 Å². The van der Waals surface area contributed by atoms with Gasteiger partial charge in [-0.3, -0.25) is 0 Å². The van der Waals surface area contributed by atoms with E-state index in [1.165, 1.54) is 0 Å². The zero-order valence-electron chi connectivity index (χ0n) is 4.13. The second-order valence-corrected chi connectivity index (χ2v) is 5.92. The predicted octanol–water partition coefficient (Wildman–Crippen LogP) is -1.41. The zero-order chi connectivity index (χ0) is 7.15. The third-order valence-corrected chi connectivity index (χ3v) is 0. The summed E-state index contributed by atoms with van der Waals surface area (Å²) in [6, 6.07) is 0. The van der Waals surface area contributed by atoms with Crippen LogP contribution in [-0.2, 0) is 71.6 Å². The van der Waals surface area contributed by atoms with Crippen molar-refractivity contribution in [1.82, 2.24) is 0 Å². The van der Waals surface area contributed by atoms with Crippen molar-refractivity contribution in [2.75, 3.05) is 0 Å². The average Bonchev–Trinajstić information content (AvgIpc) is 1.25. The summed E-state index contributed by atoms with van der Waals surface area (Å²) in [7, 11) is 0. The molecule has 0 bridgehead atoms. The minimum atomic E-state index is 0. The van der Waals surface area contributed by atoms with Crippen molar-refractivity contribution in [3.05, 3.63) is 0 Å². The Bertz CT molecular complexity index is 69.1. The van der Waals surface area contributed by atoms with Crippen LogP contribution in [-0.4, -0.2) is 7.06 Å². The largest absolute Gasteiger partial charge is 2.00 e. The Morgan fingerprint density at radius 3 is 0.778 bits per heavy atom. The molecule has 0 rings (SSSR count). The van der Waals surface area contributed by atoms with E-state index in [2.05, 4.69) is 75.0 Å². The quantitative estimate of drug-likeness (QED) is 0.350. The summed E-state index contributed by atoms with van der Waals surface area (Å²) in [4.78, 5) is 0. The van der Waals surface area contributed by atoms with E-state index in [4.69, 9.17) is 0 Å². The van der Waals surface area contributed by atoms with Crippen LogP contribution in [0, 0.1) is 0 Å². The summed E-state index contributed by atoms with van der Waals surface area (Å²) < 4.78 is 1.22. The fourth-order valence-electron chi connectivity index (χ4n) is 0. The smallest absolute Gasteiger partial charge is 0.0315 e. The van der Waals surface area contributed by atoms with Gasteiger partial charge in [0.05, 0.1) is 50.5 Å². The molecule has 0 saturated carbocycles. The van der Waals surface area contributed by atoms with Crippen molar-refractivity contribution < 1.29 is 21.1 Å². The molecule has 0 aromatic heterocycles. The van der Waals surface area contributed by atoms with E-state index < -0.39 is 0 Å². The average molecular weight is 420 g/mol. The summed E-state index contributed by atoms with van der Waals surface area (Å²) in [5.41, 5.74) is 0. The molecule has 0 aromatic carbocycles. The van der Waals surface area contributed by atoms with Gasteiger partial charge in [0.25, 0.3) is 0 Å². The molecule has 0 aliphatic heterocycles. The SMILES string of the molecule is S=C([SH2+])[SH2+].S=C([SH2+])[SH2+].[Pt+2]. The third kappa shape index (κ3) is 136. The topological polar surface area (TPSA) is 0 Å². The van der Waals surface area contributed by atoms with Crippen molar-refractivity contribution >= 4 is 82.0 Å². The van der Waals surface area contributed by atoms with Crippen LogP contribution in [0.3, 0.4) is 0 Å². The summed E-state index contributed by atoms with van der Waals surface area (Å²) in [5.74, 6) is 0. The van der Waals surface area contributed by atoms with E-state index >= 15 is 0 Å². The van der Waals surface area contributed by atoms with Gasteiger partial charge in [-0.1, -0.05) is 0 Å². The molecule has 7 heteroatoms. The molecule has 0 aliphatic carbocycles. The van der Waals surface area contributed by atoms with Gasteiger partial charge in [-0.2, -0.15) is 0 Å². The van der Waals surface area contributed by atoms with Gasteiger partial charge in [-0.05, 0) is 0 Å². The number of hydrogen-bond acceptors (Lipinski definition) is 2. The van der Waals surface area contributed by atoms with Crippen LogP contribution in [0.5, 0.6) is 0 Å². The number of hydrogen-bond donors (Lipinski definition) is 0. The first-order valence-electron chi connectivity index (χ1n) is 1.41. The summed E-state index contributed by atoms with van der Waals surface area (Å²) >= 11 is 20.6. The van der Waals surface area contributed by atoms with Crippen LogP contribution in [0.25, 0.3) is 0 Å². The van der Waals surface area contributed by atoms with Crippen LogP contribution in [0.15, 0.2) is 0 Å². The van der Waals surface area contributed by atoms with Gasteiger partial charge < -0.3 is 0 Å². The molecule has 0 nitrogen and oxygen atoms in total. The predicted molar refractivity (Wildman–Crippen MR) is 65.8 cm³/mol. The Hall–Kier alpha value is 2.27. The molecule has 9 heavy (non-hydrogen) atoms. The molecule has 0 saturated heterocycles. The molecule has 0 atom stereocenters. The van der Waals surface area contributed by atoms with Crippen LogP contribution in [0.1, 0.15) is 0 Å². The Balaban J connectivity index is -0.0000000720. The Labute approximate surface area is 102 Å². The number of thiocarbonyl (C=S) groups is 2. The maximum Gasteiger partial charge on any atom is 2.00 e. The van der Waals surface area contributed by atoms with E-state index in [0.29, 0.717) is 7.06 Å². The zero-order valence-corrected chi connectivity index (χ0v) is 12.0. The molecule has 0 fully saturated rings. The van der Waals surface area contributed by atoms with Gasteiger partial charge in [0.15, 0.2) is 0 Å². The fraction of sp³-hybridized carbons (Fsp3) is 0. The summed E-state index contributed by atoms with van der Waals surface area (Å²) in [5, 5.41) is 0. The van der Waals surface area contributed by atoms with Crippen molar-refractivity contribution in [2.45, 2.75) is 0 Å². The first-order chi connectivity index (χ1) is 3.46. The van der Waals surface area contributed by atoms with Crippen molar-refractivity contribution in [1.29, 1.82) is 0 Å². The van der Waals surface area contributed by atoms with Gasteiger partial charge >= 0.3 is 28.1 Å². The molecule has 0 amide bonds. The molecule has 0 heterocycles. The van der Waals surface area contributed by atoms with Crippen LogP contribution >= 0.6 is 24.4 Å². The molecule has 0 aromatic rings. The van der Waals surface area contributed by atoms with E-state index in [-0.39, 0.29) is 21.1 Å². The molecule has 0 N–H and O–H groups in total. The molecule has 0 aliphatic rings. The minimum absolute atomic E-state index is 0. The van der Waals surface area contributed by atoms with Crippen molar-refractivity contribution in [2.24, 2.45) is 0 Å². The molecular weight excluding hydrogens is 412 g/mol. The first kappa shape index (κ1) is 17.4. The van der Waals surface area contributed by atoms with Gasteiger partial charge in [-0.25, -0.2) is 0 Å². The van der Waals surface area contributed by atoms with Gasteiger partial charge in [0.1, 0.15) is 0 Å². The Morgan fingerprint density at radius 1 is 0.778 bits per heavy atom. The normalized spacial score (nSPS) is 5.78. The van der Waals surface area contributed by atoms with E-state index in [1.807, 2.05) is 0 Å². The minimum Gasteiger partial charge on any atom is 0.0315 e. The summed E-state index contributed by atoms with van der Waals surface area (Å²) in [6.45, 7) is 0. The number of rotatable bonds is 0. The van der Waals surface area contributed by atoms with E-state index in [9.17, 15) is 0 Å². The van der Waals surface area contributed by atoms with Crippen LogP contribution in [0.4, 0.5) is 0 Å². The maximum atomic E-state index is 4.36. The van der Waals surface area contributed by atoms with Gasteiger partial charge in [0.2, 0.25) is 0 Å². The van der Waals surface area contributed by atoms with Gasteiger partial charge in [-0.15, -0.1) is 0 Å². The Kier molecular flexibility index (Phi) is 24.9. The maximum absolute atomic E-state index is 4.36. The molecular formula is C2H8PtS6+6. The van der Waals surface area contributed by atoms with Crippen LogP contribution in [0.2, 0.25) is 0 Å². The first-order valence-corrected chi connectivity index (χ1v) is 4.22. The molecule has 0 spiro atoms. The third-order valence-electron chi connectivity index (χ3n) is 0. The molecule has 0 radical (unpaired) electrons. The molecule has 0 unspecified atom stereocenters. The van der Waals surface area contributed by atoms with Crippen molar-refractivity contribution in [3.8, 4) is 0 Å². The van der Waals surface area contributed by atoms with E-state index in [1.54, 1.807) is 0 Å². The van der Waals surface area contributed by atoms with Crippen LogP contribution < -0.4 is 0 Å². The monoisotopic (exact) mass is 419 g/mol. The molecule has 56 valence electrons. The van der Waals surface area contributed by atoms with E-state index in [0.717, 1.165) is 0 Å².